The minimum Gasteiger partial charge on any atom is -0.493 e. The number of carbonyl (C=O) groups is 2. The molecule has 0 bridgehead atoms. The highest BCUT2D eigenvalue weighted by Gasteiger charge is 2.34. The number of carboxylic acids is 1. The lowest BCUT2D eigenvalue weighted by Crippen LogP contribution is -2.40. The van der Waals surface area contributed by atoms with E-state index in [0.717, 1.165) is 0 Å². The fourth-order valence-electron chi connectivity index (χ4n) is 5.43. The van der Waals surface area contributed by atoms with E-state index in [9.17, 15) is 19.5 Å². The van der Waals surface area contributed by atoms with Crippen LogP contribution in [-0.2, 0) is 16.1 Å². The summed E-state index contributed by atoms with van der Waals surface area (Å²) in [6, 6.07) is 12.6. The standard InChI is InChI=1S/C35H33IN2O10S/c1-7-47-34(42)28-18(2)37-35-38(29(28)22-15-25(44-4)31(46-6)26(16-22)45-5)32(39)27(49-35)14-20-12-23(36)30(24(13-20)43-3)48-17-19-9-8-10-21(11-19)33(40)41/h8-16,29H,7,17H2,1-6H3,(H,40,41)/b27-14-/t29-/m0/s1. The number of ether oxygens (including phenoxy) is 6. The third-order valence-electron chi connectivity index (χ3n) is 7.63. The smallest absolute Gasteiger partial charge is 0.338 e. The number of fused-ring (bicyclic) bond motifs is 1. The highest BCUT2D eigenvalue weighted by molar-refractivity contribution is 14.1. The highest BCUT2D eigenvalue weighted by Crippen LogP contribution is 2.42. The summed E-state index contributed by atoms with van der Waals surface area (Å²) in [7, 11) is 5.98. The van der Waals surface area contributed by atoms with E-state index in [1.165, 1.54) is 50.4 Å². The summed E-state index contributed by atoms with van der Waals surface area (Å²) in [5, 5.41) is 9.32. The average Bonchev–Trinajstić information content (AvgIpc) is 3.39. The van der Waals surface area contributed by atoms with Crippen molar-refractivity contribution < 1.29 is 43.1 Å². The second-order valence-corrected chi connectivity index (χ2v) is 12.8. The summed E-state index contributed by atoms with van der Waals surface area (Å²) in [4.78, 5) is 44.0. The first-order valence-corrected chi connectivity index (χ1v) is 16.8. The molecule has 12 nitrogen and oxygen atoms in total. The van der Waals surface area contributed by atoms with Crippen LogP contribution < -0.4 is 38.6 Å². The Bertz CT molecular complexity index is 2130. The molecule has 49 heavy (non-hydrogen) atoms. The fourth-order valence-corrected chi connectivity index (χ4v) is 7.26. The van der Waals surface area contributed by atoms with Gasteiger partial charge in [-0.1, -0.05) is 23.5 Å². The molecule has 0 radical (unpaired) electrons. The number of hydrogen-bond acceptors (Lipinski definition) is 11. The normalized spacial score (nSPS) is 14.1. The summed E-state index contributed by atoms with van der Waals surface area (Å²) in [6.07, 6.45) is 1.73. The summed E-state index contributed by atoms with van der Waals surface area (Å²) in [5.74, 6) is 0.359. The van der Waals surface area contributed by atoms with Crippen LogP contribution in [0.5, 0.6) is 28.7 Å². The maximum Gasteiger partial charge on any atom is 0.338 e. The van der Waals surface area contributed by atoms with Crippen LogP contribution in [0.3, 0.4) is 0 Å². The number of esters is 1. The lowest BCUT2D eigenvalue weighted by atomic mass is 9.95. The van der Waals surface area contributed by atoms with Gasteiger partial charge in [0.1, 0.15) is 6.61 Å². The Balaban J connectivity index is 1.61. The number of carboxylic acid groups (broad SMARTS) is 1. The molecule has 4 aromatic rings. The molecule has 0 amide bonds. The van der Waals surface area contributed by atoms with Gasteiger partial charge in [-0.05, 0) is 95.6 Å². The maximum atomic E-state index is 14.2. The van der Waals surface area contributed by atoms with Gasteiger partial charge in [0, 0.05) is 0 Å². The van der Waals surface area contributed by atoms with Crippen LogP contribution in [0, 0.1) is 3.57 Å². The van der Waals surface area contributed by atoms with Gasteiger partial charge in [0.15, 0.2) is 27.8 Å². The van der Waals surface area contributed by atoms with Crippen molar-refractivity contribution in [1.82, 2.24) is 4.57 Å². The largest absolute Gasteiger partial charge is 0.493 e. The van der Waals surface area contributed by atoms with E-state index in [2.05, 4.69) is 27.6 Å². The number of thiazole rings is 1. The first-order chi connectivity index (χ1) is 23.5. The van der Waals surface area contributed by atoms with Crippen LogP contribution in [0.15, 0.2) is 69.6 Å². The quantitative estimate of drug-likeness (QED) is 0.158. The monoisotopic (exact) mass is 800 g/mol. The molecule has 2 heterocycles. The van der Waals surface area contributed by atoms with E-state index in [1.807, 2.05) is 6.07 Å². The van der Waals surface area contributed by atoms with Crippen LogP contribution in [0.25, 0.3) is 6.08 Å². The van der Waals surface area contributed by atoms with E-state index < -0.39 is 18.0 Å². The van der Waals surface area contributed by atoms with Crippen LogP contribution in [0.4, 0.5) is 0 Å². The molecule has 256 valence electrons. The van der Waals surface area contributed by atoms with Gasteiger partial charge in [-0.25, -0.2) is 14.6 Å². The van der Waals surface area contributed by atoms with E-state index in [1.54, 1.807) is 56.3 Å². The predicted molar refractivity (Wildman–Crippen MR) is 190 cm³/mol. The highest BCUT2D eigenvalue weighted by atomic mass is 127. The van der Waals surface area contributed by atoms with Crippen molar-refractivity contribution in [2.75, 3.05) is 35.0 Å². The molecule has 1 atom stereocenters. The van der Waals surface area contributed by atoms with Crippen molar-refractivity contribution in [3.05, 3.63) is 105 Å². The Morgan fingerprint density at radius 2 is 1.65 bits per heavy atom. The second kappa shape index (κ2) is 15.2. The van der Waals surface area contributed by atoms with Gasteiger partial charge in [-0.3, -0.25) is 9.36 Å². The van der Waals surface area contributed by atoms with Crippen LogP contribution in [0.1, 0.15) is 46.9 Å². The average molecular weight is 801 g/mol. The number of aromatic nitrogens is 1. The van der Waals surface area contributed by atoms with Crippen molar-refractivity contribution >= 4 is 51.9 Å². The van der Waals surface area contributed by atoms with Gasteiger partial charge in [0.25, 0.3) is 5.56 Å². The Kier molecular flexibility index (Phi) is 11.0. The third-order valence-corrected chi connectivity index (χ3v) is 9.41. The number of methoxy groups -OCH3 is 4. The minimum absolute atomic E-state index is 0.120. The molecule has 1 aliphatic rings. The van der Waals surface area contributed by atoms with E-state index in [0.29, 0.717) is 64.0 Å². The first kappa shape index (κ1) is 35.5. The zero-order chi connectivity index (χ0) is 35.4. The number of benzene rings is 3. The number of carbonyl (C=O) groups excluding carboxylic acids is 1. The Morgan fingerprint density at radius 3 is 2.27 bits per heavy atom. The van der Waals surface area contributed by atoms with Gasteiger partial charge in [0.2, 0.25) is 5.75 Å². The summed E-state index contributed by atoms with van der Waals surface area (Å²) >= 11 is 3.30. The van der Waals surface area contributed by atoms with E-state index in [4.69, 9.17) is 28.4 Å². The number of nitrogens with zero attached hydrogens (tertiary/aromatic N) is 2. The van der Waals surface area contributed by atoms with Crippen molar-refractivity contribution in [3.8, 4) is 28.7 Å². The molecule has 1 aromatic heterocycles. The van der Waals surface area contributed by atoms with Crippen LogP contribution in [-0.4, -0.2) is 56.7 Å². The third kappa shape index (κ3) is 7.15. The molecule has 3 aromatic carbocycles. The lowest BCUT2D eigenvalue weighted by molar-refractivity contribution is -0.139. The number of hydrogen-bond donors (Lipinski definition) is 1. The molecular formula is C35H33IN2O10S. The number of rotatable bonds is 12. The zero-order valence-electron chi connectivity index (χ0n) is 27.5. The van der Waals surface area contributed by atoms with E-state index in [-0.39, 0.29) is 29.9 Å². The molecule has 1 aliphatic heterocycles. The van der Waals surface area contributed by atoms with Gasteiger partial charge in [0.05, 0.1) is 66.0 Å². The van der Waals surface area contributed by atoms with Crippen molar-refractivity contribution in [3.63, 3.8) is 0 Å². The van der Waals surface area contributed by atoms with Crippen molar-refractivity contribution in [2.24, 2.45) is 4.99 Å². The van der Waals surface area contributed by atoms with Gasteiger partial charge in [-0.2, -0.15) is 0 Å². The summed E-state index contributed by atoms with van der Waals surface area (Å²) < 4.78 is 36.3. The zero-order valence-corrected chi connectivity index (χ0v) is 30.5. The molecule has 0 spiro atoms. The second-order valence-electron chi connectivity index (χ2n) is 10.6. The molecule has 0 saturated carbocycles. The molecular weight excluding hydrogens is 767 g/mol. The Morgan fingerprint density at radius 1 is 0.980 bits per heavy atom. The molecule has 0 fully saturated rings. The molecule has 0 aliphatic carbocycles. The molecule has 5 rings (SSSR count). The maximum absolute atomic E-state index is 14.2. The number of allylic oxidation sites excluding steroid dienone is 1. The first-order valence-electron chi connectivity index (χ1n) is 14.9. The molecule has 14 heteroatoms. The Hall–Kier alpha value is -4.83. The van der Waals surface area contributed by atoms with Gasteiger partial charge in [-0.15, -0.1) is 0 Å². The predicted octanol–water partition coefficient (Wildman–Crippen LogP) is 4.71. The molecule has 0 saturated heterocycles. The minimum atomic E-state index is -1.02. The summed E-state index contributed by atoms with van der Waals surface area (Å²) in [6.45, 7) is 3.67. The van der Waals surface area contributed by atoms with Crippen LogP contribution in [0.2, 0.25) is 0 Å². The van der Waals surface area contributed by atoms with Gasteiger partial charge >= 0.3 is 11.9 Å². The van der Waals surface area contributed by atoms with Gasteiger partial charge < -0.3 is 33.5 Å². The van der Waals surface area contributed by atoms with Crippen molar-refractivity contribution in [1.29, 1.82) is 0 Å². The molecule has 0 unspecified atom stereocenters. The fraction of sp³-hybridized carbons (Fsp3) is 0.257. The number of halogens is 1. The van der Waals surface area contributed by atoms with Crippen molar-refractivity contribution in [2.45, 2.75) is 26.5 Å². The summed E-state index contributed by atoms with van der Waals surface area (Å²) in [5.41, 5.74) is 2.30. The molecule has 1 N–H and O–H groups in total. The van der Waals surface area contributed by atoms with E-state index >= 15 is 0 Å². The lowest BCUT2D eigenvalue weighted by Gasteiger charge is -2.26. The SMILES string of the molecule is CCOC(=O)C1=C(C)N=c2s/c(=C\c3cc(I)c(OCc4cccc(C(=O)O)c4)c(OC)c3)c(=O)n2[C@H]1c1cc(OC)c(OC)c(OC)c1. The van der Waals surface area contributed by atoms with Crippen LogP contribution >= 0.6 is 33.9 Å². The topological polar surface area (TPSA) is 144 Å². The number of aromatic carboxylic acids is 1. The Labute approximate surface area is 299 Å².